The number of methoxy groups -OCH3 is 2. The second kappa shape index (κ2) is 19.8. The Labute approximate surface area is 308 Å². The van der Waals surface area contributed by atoms with Gasteiger partial charge in [-0.2, -0.15) is 0 Å². The van der Waals surface area contributed by atoms with Crippen LogP contribution in [0.4, 0.5) is 0 Å². The molecular formula is C42H56N2O8. The highest BCUT2D eigenvalue weighted by Crippen LogP contribution is 2.32. The van der Waals surface area contributed by atoms with Gasteiger partial charge >= 0.3 is 11.9 Å². The van der Waals surface area contributed by atoms with Crippen LogP contribution in [0, 0.1) is 11.8 Å². The van der Waals surface area contributed by atoms with E-state index in [1.807, 2.05) is 49.4 Å². The van der Waals surface area contributed by atoms with Gasteiger partial charge in [0.25, 0.3) is 0 Å². The van der Waals surface area contributed by atoms with Crippen molar-refractivity contribution in [2.45, 2.75) is 101 Å². The number of nitrogens with two attached hydrogens (primary N) is 2. The van der Waals surface area contributed by atoms with Gasteiger partial charge < -0.3 is 39.9 Å². The molecule has 3 aromatic rings. The molecule has 3 aromatic carbocycles. The molecule has 0 spiro atoms. The molecule has 2 saturated heterocycles. The predicted molar refractivity (Wildman–Crippen MR) is 199 cm³/mol. The summed E-state index contributed by atoms with van der Waals surface area (Å²) in [6, 6.07) is 25.0. The molecule has 0 radical (unpaired) electrons. The van der Waals surface area contributed by atoms with Crippen molar-refractivity contribution in [3.63, 3.8) is 0 Å². The summed E-state index contributed by atoms with van der Waals surface area (Å²) in [6.45, 7) is 2.73. The van der Waals surface area contributed by atoms with Crippen LogP contribution in [0.1, 0.15) is 62.1 Å². The van der Waals surface area contributed by atoms with E-state index in [0.29, 0.717) is 32.5 Å². The molecule has 8 unspecified atom stereocenters. The van der Waals surface area contributed by atoms with E-state index >= 15 is 0 Å². The lowest BCUT2D eigenvalue weighted by Gasteiger charge is -2.34. The molecule has 8 atom stereocenters. The molecule has 0 aromatic heterocycles. The van der Waals surface area contributed by atoms with Gasteiger partial charge in [-0.1, -0.05) is 67.4 Å². The fraction of sp³-hybridized carbons (Fsp3) is 0.524. The number of rotatable bonds is 13. The van der Waals surface area contributed by atoms with Crippen LogP contribution in [0.25, 0.3) is 0 Å². The molecule has 2 aliphatic heterocycles. The van der Waals surface area contributed by atoms with Crippen molar-refractivity contribution >= 4 is 11.9 Å². The van der Waals surface area contributed by atoms with Crippen LogP contribution in [-0.2, 0) is 47.8 Å². The second-order valence-electron chi connectivity index (χ2n) is 14.2. The number of carbonyl (C=O) groups excluding carboxylic acids is 2. The fourth-order valence-corrected chi connectivity index (χ4v) is 7.46. The van der Waals surface area contributed by atoms with E-state index in [0.717, 1.165) is 66.7 Å². The minimum atomic E-state index is -0.690. The van der Waals surface area contributed by atoms with E-state index < -0.39 is 36.4 Å². The molecule has 10 nitrogen and oxygen atoms in total. The number of esters is 2. The third-order valence-electron chi connectivity index (χ3n) is 10.3. The first-order chi connectivity index (χ1) is 25.2. The maximum Gasteiger partial charge on any atom is 0.323 e. The van der Waals surface area contributed by atoms with E-state index in [2.05, 4.69) is 36.4 Å². The van der Waals surface area contributed by atoms with E-state index in [9.17, 15) is 9.59 Å². The van der Waals surface area contributed by atoms with Crippen LogP contribution in [-0.4, -0.2) is 75.9 Å². The molecule has 0 aliphatic carbocycles. The maximum absolute atomic E-state index is 13.3. The van der Waals surface area contributed by atoms with Gasteiger partial charge in [0.15, 0.2) is 0 Å². The Morgan fingerprint density at radius 2 is 1.17 bits per heavy atom. The van der Waals surface area contributed by atoms with Gasteiger partial charge in [0, 0.05) is 19.4 Å². The largest absolute Gasteiger partial charge is 0.497 e. The molecule has 0 bridgehead atoms. The minimum Gasteiger partial charge on any atom is -0.497 e. The average Bonchev–Trinajstić information content (AvgIpc) is 3.23. The van der Waals surface area contributed by atoms with Crippen molar-refractivity contribution in [1.82, 2.24) is 0 Å². The summed E-state index contributed by atoms with van der Waals surface area (Å²) in [5.74, 6) is 0.907. The molecular weight excluding hydrogens is 660 g/mol. The lowest BCUT2D eigenvalue weighted by atomic mass is 9.84. The Balaban J connectivity index is 1.39. The summed E-state index contributed by atoms with van der Waals surface area (Å²) in [4.78, 5) is 25.9. The van der Waals surface area contributed by atoms with Crippen LogP contribution >= 0.6 is 0 Å². The van der Waals surface area contributed by atoms with Crippen molar-refractivity contribution in [2.75, 3.05) is 27.4 Å². The lowest BCUT2D eigenvalue weighted by molar-refractivity contribution is -0.161. The van der Waals surface area contributed by atoms with Gasteiger partial charge in [-0.25, -0.2) is 0 Å². The van der Waals surface area contributed by atoms with Gasteiger partial charge in [-0.3, -0.25) is 9.59 Å². The molecule has 2 heterocycles. The maximum atomic E-state index is 13.3. The summed E-state index contributed by atoms with van der Waals surface area (Å²) in [7, 11) is 3.30. The lowest BCUT2D eigenvalue weighted by Crippen LogP contribution is -2.45. The number of hydrogen-bond acceptors (Lipinski definition) is 10. The number of benzene rings is 3. The highest BCUT2D eigenvalue weighted by molar-refractivity contribution is 5.76. The highest BCUT2D eigenvalue weighted by Gasteiger charge is 2.38. The first kappa shape index (κ1) is 39.3. The zero-order valence-corrected chi connectivity index (χ0v) is 30.8. The van der Waals surface area contributed by atoms with Crippen molar-refractivity contribution in [3.8, 4) is 11.5 Å². The monoisotopic (exact) mass is 716 g/mol. The van der Waals surface area contributed by atoms with Crippen molar-refractivity contribution in [3.05, 3.63) is 95.6 Å². The van der Waals surface area contributed by atoms with E-state index in [1.165, 1.54) is 0 Å². The Bertz CT molecular complexity index is 1520. The summed E-state index contributed by atoms with van der Waals surface area (Å²) in [5.41, 5.74) is 15.8. The topological polar surface area (TPSA) is 142 Å². The average molecular weight is 717 g/mol. The molecule has 4 N–H and O–H groups in total. The number of carbonyl (C=O) groups is 2. The van der Waals surface area contributed by atoms with Crippen molar-refractivity contribution < 1.29 is 38.0 Å². The molecule has 2 fully saturated rings. The molecule has 5 rings (SSSR count). The Morgan fingerprint density at radius 3 is 1.75 bits per heavy atom. The smallest absolute Gasteiger partial charge is 0.323 e. The van der Waals surface area contributed by atoms with Gasteiger partial charge in [-0.05, 0) is 92.3 Å². The standard InChI is InChI=1S/C42H56N2O8/c1-28-39(49-24-23-47-2)32(9-7-13-36(43)41(45)50-28)25-29-15-17-31(18-16-29)27-38-40(51-35-11-5-4-6-12-35)33(10-8-14-37(44)42(46)52-38)26-30-19-21-34(48-3)22-20-30/h4-6,11-12,15-22,28,32-33,36-40H,7-10,13-14,23-27,43-44H2,1-3H3. The van der Waals surface area contributed by atoms with Gasteiger partial charge in [0.05, 0.1) is 26.4 Å². The molecule has 282 valence electrons. The molecule has 10 heteroatoms. The number of ether oxygens (including phenoxy) is 6. The number of cyclic esters (lactones) is 2. The molecule has 2 aliphatic rings. The summed E-state index contributed by atoms with van der Waals surface area (Å²) in [6.07, 6.45) is 4.60. The van der Waals surface area contributed by atoms with Gasteiger partial charge in [0.2, 0.25) is 0 Å². The first-order valence-corrected chi connectivity index (χ1v) is 18.7. The third-order valence-corrected chi connectivity index (χ3v) is 10.3. The van der Waals surface area contributed by atoms with Crippen LogP contribution < -0.4 is 20.9 Å². The number of hydrogen-bond donors (Lipinski definition) is 2. The molecule has 0 saturated carbocycles. The van der Waals surface area contributed by atoms with Crippen LogP contribution in [0.2, 0.25) is 0 Å². The zero-order valence-electron chi connectivity index (χ0n) is 30.8. The minimum absolute atomic E-state index is 0.0543. The SMILES string of the molecule is COCCOC1C(Cc2ccc(CC3OC(=O)C(N)CCCC(Cc4ccc(OC)cc4)C3Oc3ccccc3)cc2)CCCC(N)C(=O)OC1C. The van der Waals surface area contributed by atoms with E-state index in [4.69, 9.17) is 39.9 Å². The molecule has 0 amide bonds. The van der Waals surface area contributed by atoms with E-state index in [1.54, 1.807) is 14.2 Å². The Morgan fingerprint density at radius 1 is 0.635 bits per heavy atom. The fourth-order valence-electron chi connectivity index (χ4n) is 7.46. The third kappa shape index (κ3) is 11.3. The zero-order chi connectivity index (χ0) is 36.9. The van der Waals surface area contributed by atoms with E-state index in [-0.39, 0.29) is 23.9 Å². The van der Waals surface area contributed by atoms with Gasteiger partial charge in [-0.15, -0.1) is 0 Å². The van der Waals surface area contributed by atoms with Crippen LogP contribution in [0.5, 0.6) is 11.5 Å². The first-order valence-electron chi connectivity index (χ1n) is 18.7. The van der Waals surface area contributed by atoms with Gasteiger partial charge in [0.1, 0.15) is 41.9 Å². The van der Waals surface area contributed by atoms with Crippen molar-refractivity contribution in [2.24, 2.45) is 23.3 Å². The molecule has 52 heavy (non-hydrogen) atoms. The van der Waals surface area contributed by atoms with Crippen LogP contribution in [0.3, 0.4) is 0 Å². The number of para-hydroxylation sites is 1. The normalized spacial score (nSPS) is 27.4. The van der Waals surface area contributed by atoms with Crippen LogP contribution in [0.15, 0.2) is 78.9 Å². The Hall–Kier alpha value is -3.96. The summed E-state index contributed by atoms with van der Waals surface area (Å²) < 4.78 is 35.7. The summed E-state index contributed by atoms with van der Waals surface area (Å²) in [5, 5.41) is 0. The van der Waals surface area contributed by atoms with Crippen molar-refractivity contribution in [1.29, 1.82) is 0 Å². The summed E-state index contributed by atoms with van der Waals surface area (Å²) >= 11 is 0. The Kier molecular flexibility index (Phi) is 14.9. The highest BCUT2D eigenvalue weighted by atomic mass is 16.6. The quantitative estimate of drug-likeness (QED) is 0.170. The predicted octanol–water partition coefficient (Wildman–Crippen LogP) is 5.60. The second-order valence-corrected chi connectivity index (χ2v) is 14.2.